The molecule has 5 nitrogen and oxygen atoms in total. The zero-order valence-corrected chi connectivity index (χ0v) is 8.36. The van der Waals surface area contributed by atoms with Crippen LogP contribution in [0.2, 0.25) is 0 Å². The third-order valence-corrected chi connectivity index (χ3v) is 2.39. The molecule has 0 bridgehead atoms. The first-order valence-corrected chi connectivity index (χ1v) is 4.75. The molecule has 1 rings (SSSR count). The van der Waals surface area contributed by atoms with E-state index in [0.29, 0.717) is 13.0 Å². The predicted octanol–water partition coefficient (Wildman–Crippen LogP) is -0.630. The number of nitrogens with one attached hydrogen (secondary N) is 1. The molecule has 5 heteroatoms. The molecule has 1 atom stereocenters. The van der Waals surface area contributed by atoms with Crippen molar-refractivity contribution in [3.63, 3.8) is 0 Å². The molecule has 0 aliphatic carbocycles. The fourth-order valence-corrected chi connectivity index (χ4v) is 1.76. The van der Waals surface area contributed by atoms with Crippen LogP contribution in [-0.2, 0) is 14.3 Å². The SMILES string of the molecule is COC[C@@H]1CCCN1C(=O)CNC=O. The van der Waals surface area contributed by atoms with Crippen molar-refractivity contribution in [1.29, 1.82) is 0 Å². The number of amides is 2. The Hall–Kier alpha value is -1.10. The number of methoxy groups -OCH3 is 1. The second kappa shape index (κ2) is 5.59. The highest BCUT2D eigenvalue weighted by Gasteiger charge is 2.27. The summed E-state index contributed by atoms with van der Waals surface area (Å²) in [7, 11) is 1.63. The summed E-state index contributed by atoms with van der Waals surface area (Å²) in [6, 6.07) is 0.181. The molecular formula is C9H16N2O3. The summed E-state index contributed by atoms with van der Waals surface area (Å²) in [6.07, 6.45) is 2.54. The van der Waals surface area contributed by atoms with Crippen LogP contribution in [0.25, 0.3) is 0 Å². The number of likely N-dealkylation sites (tertiary alicyclic amines) is 1. The maximum atomic E-state index is 11.5. The van der Waals surface area contributed by atoms with Gasteiger partial charge in [0.25, 0.3) is 0 Å². The molecule has 1 fully saturated rings. The average molecular weight is 200 g/mol. The van der Waals surface area contributed by atoms with Crippen molar-refractivity contribution in [1.82, 2.24) is 10.2 Å². The van der Waals surface area contributed by atoms with E-state index in [1.54, 1.807) is 12.0 Å². The monoisotopic (exact) mass is 200 g/mol. The Kier molecular flexibility index (Phi) is 4.39. The maximum absolute atomic E-state index is 11.5. The lowest BCUT2D eigenvalue weighted by Crippen LogP contribution is -2.42. The Bertz CT molecular complexity index is 208. The van der Waals surface area contributed by atoms with Crippen LogP contribution in [0.4, 0.5) is 0 Å². The highest BCUT2D eigenvalue weighted by Crippen LogP contribution is 2.16. The van der Waals surface area contributed by atoms with Gasteiger partial charge in [-0.2, -0.15) is 0 Å². The molecule has 0 saturated carbocycles. The third-order valence-electron chi connectivity index (χ3n) is 2.39. The van der Waals surface area contributed by atoms with Gasteiger partial charge in [0, 0.05) is 13.7 Å². The van der Waals surface area contributed by atoms with Crippen molar-refractivity contribution in [3.05, 3.63) is 0 Å². The number of carbonyl (C=O) groups is 2. The minimum Gasteiger partial charge on any atom is -0.383 e. The van der Waals surface area contributed by atoms with Gasteiger partial charge in [-0.3, -0.25) is 9.59 Å². The summed E-state index contributed by atoms with van der Waals surface area (Å²) in [5.41, 5.74) is 0. The molecule has 80 valence electrons. The van der Waals surface area contributed by atoms with Gasteiger partial charge in [-0.15, -0.1) is 0 Å². The molecule has 1 saturated heterocycles. The fraction of sp³-hybridized carbons (Fsp3) is 0.778. The van der Waals surface area contributed by atoms with Crippen molar-refractivity contribution in [3.8, 4) is 0 Å². The van der Waals surface area contributed by atoms with Crippen LogP contribution in [-0.4, -0.2) is 50.1 Å². The summed E-state index contributed by atoms with van der Waals surface area (Å²) < 4.78 is 5.03. The summed E-state index contributed by atoms with van der Waals surface area (Å²) >= 11 is 0. The van der Waals surface area contributed by atoms with Gasteiger partial charge in [0.2, 0.25) is 12.3 Å². The molecule has 0 spiro atoms. The van der Waals surface area contributed by atoms with Crippen molar-refractivity contribution < 1.29 is 14.3 Å². The first-order valence-electron chi connectivity index (χ1n) is 4.75. The Labute approximate surface area is 83.4 Å². The average Bonchev–Trinajstić information content (AvgIpc) is 2.63. The van der Waals surface area contributed by atoms with Crippen LogP contribution in [0.1, 0.15) is 12.8 Å². The van der Waals surface area contributed by atoms with Crippen molar-refractivity contribution in [2.24, 2.45) is 0 Å². The zero-order chi connectivity index (χ0) is 10.4. The number of rotatable bonds is 5. The number of hydrogen-bond acceptors (Lipinski definition) is 3. The molecule has 1 heterocycles. The van der Waals surface area contributed by atoms with Crippen LogP contribution in [0.15, 0.2) is 0 Å². The number of nitrogens with zero attached hydrogens (tertiary/aromatic N) is 1. The fourth-order valence-electron chi connectivity index (χ4n) is 1.76. The van der Waals surface area contributed by atoms with E-state index in [1.807, 2.05) is 0 Å². The normalized spacial score (nSPS) is 20.9. The van der Waals surface area contributed by atoms with Gasteiger partial charge in [0.1, 0.15) is 0 Å². The van der Waals surface area contributed by atoms with E-state index in [2.05, 4.69) is 5.32 Å². The molecule has 1 aliphatic heterocycles. The van der Waals surface area contributed by atoms with Gasteiger partial charge < -0.3 is 15.0 Å². The topological polar surface area (TPSA) is 58.6 Å². The van der Waals surface area contributed by atoms with Gasteiger partial charge in [-0.05, 0) is 12.8 Å². The molecule has 0 aromatic rings. The van der Waals surface area contributed by atoms with Crippen LogP contribution in [0.5, 0.6) is 0 Å². The van der Waals surface area contributed by atoms with Crippen LogP contribution in [0, 0.1) is 0 Å². The summed E-state index contributed by atoms with van der Waals surface area (Å²) in [4.78, 5) is 23.3. The Morgan fingerprint density at radius 2 is 2.50 bits per heavy atom. The highest BCUT2D eigenvalue weighted by atomic mass is 16.5. The summed E-state index contributed by atoms with van der Waals surface area (Å²) in [5, 5.41) is 2.37. The largest absolute Gasteiger partial charge is 0.383 e. The molecule has 1 aliphatic rings. The molecule has 1 N–H and O–H groups in total. The second-order valence-electron chi connectivity index (χ2n) is 3.34. The smallest absolute Gasteiger partial charge is 0.242 e. The van der Waals surface area contributed by atoms with Gasteiger partial charge in [-0.25, -0.2) is 0 Å². The van der Waals surface area contributed by atoms with Crippen LogP contribution in [0.3, 0.4) is 0 Å². The Balaban J connectivity index is 2.40. The molecule has 2 amide bonds. The Morgan fingerprint density at radius 1 is 1.71 bits per heavy atom. The minimum atomic E-state index is -0.0309. The molecule has 14 heavy (non-hydrogen) atoms. The molecule has 0 unspecified atom stereocenters. The summed E-state index contributed by atoms with van der Waals surface area (Å²) in [5.74, 6) is -0.0309. The van der Waals surface area contributed by atoms with E-state index in [-0.39, 0.29) is 18.5 Å². The van der Waals surface area contributed by atoms with Gasteiger partial charge in [0.05, 0.1) is 19.2 Å². The van der Waals surface area contributed by atoms with Crippen LogP contribution >= 0.6 is 0 Å². The lowest BCUT2D eigenvalue weighted by molar-refractivity contribution is -0.132. The van der Waals surface area contributed by atoms with Crippen molar-refractivity contribution in [2.45, 2.75) is 18.9 Å². The van der Waals surface area contributed by atoms with Crippen molar-refractivity contribution in [2.75, 3.05) is 26.8 Å². The molecule has 0 radical (unpaired) electrons. The lowest BCUT2D eigenvalue weighted by atomic mass is 10.2. The van der Waals surface area contributed by atoms with Crippen molar-refractivity contribution >= 4 is 12.3 Å². The molecule has 0 aromatic heterocycles. The van der Waals surface area contributed by atoms with E-state index in [9.17, 15) is 9.59 Å². The highest BCUT2D eigenvalue weighted by molar-refractivity contribution is 5.80. The predicted molar refractivity (Wildman–Crippen MR) is 50.7 cm³/mol. The number of ether oxygens (including phenoxy) is 1. The first kappa shape index (κ1) is 11.0. The van der Waals surface area contributed by atoms with E-state index >= 15 is 0 Å². The van der Waals surface area contributed by atoms with Gasteiger partial charge in [-0.1, -0.05) is 0 Å². The molecule has 0 aromatic carbocycles. The summed E-state index contributed by atoms with van der Waals surface area (Å²) in [6.45, 7) is 1.43. The van der Waals surface area contributed by atoms with E-state index in [4.69, 9.17) is 4.74 Å². The lowest BCUT2D eigenvalue weighted by Gasteiger charge is -2.23. The first-order chi connectivity index (χ1) is 6.79. The maximum Gasteiger partial charge on any atom is 0.242 e. The van der Waals surface area contributed by atoms with E-state index < -0.39 is 0 Å². The van der Waals surface area contributed by atoms with E-state index in [1.165, 1.54) is 0 Å². The standard InChI is InChI=1S/C9H16N2O3/c1-14-6-8-3-2-4-11(8)9(13)5-10-7-12/h7-8H,2-6H2,1H3,(H,10,12)/t8-/m0/s1. The number of hydrogen-bond donors (Lipinski definition) is 1. The second-order valence-corrected chi connectivity index (χ2v) is 3.34. The third kappa shape index (κ3) is 2.70. The quantitative estimate of drug-likeness (QED) is 0.601. The molecular weight excluding hydrogens is 184 g/mol. The van der Waals surface area contributed by atoms with Crippen LogP contribution < -0.4 is 5.32 Å². The minimum absolute atomic E-state index is 0.0309. The van der Waals surface area contributed by atoms with E-state index in [0.717, 1.165) is 19.4 Å². The number of carbonyl (C=O) groups excluding carboxylic acids is 2. The zero-order valence-electron chi connectivity index (χ0n) is 8.36. The van der Waals surface area contributed by atoms with Gasteiger partial charge in [0.15, 0.2) is 0 Å². The Morgan fingerprint density at radius 3 is 3.14 bits per heavy atom. The van der Waals surface area contributed by atoms with Gasteiger partial charge >= 0.3 is 0 Å².